The predicted octanol–water partition coefficient (Wildman–Crippen LogP) is 1.08. The molecule has 1 aromatic rings. The van der Waals surface area contributed by atoms with E-state index in [0.717, 1.165) is 5.56 Å². The van der Waals surface area contributed by atoms with Crippen LogP contribution in [0.15, 0.2) is 12.3 Å². The largest absolute Gasteiger partial charge is 0.481 e. The van der Waals surface area contributed by atoms with E-state index in [2.05, 4.69) is 4.98 Å². The van der Waals surface area contributed by atoms with Gasteiger partial charge in [-0.3, -0.25) is 0 Å². The number of nitrogen functional groups attached to an aromatic ring is 1. The zero-order valence-corrected chi connectivity index (χ0v) is 8.23. The minimum Gasteiger partial charge on any atom is -0.481 e. The maximum atomic E-state index is 6.08. The van der Waals surface area contributed by atoms with Gasteiger partial charge in [0, 0.05) is 17.9 Å². The van der Waals surface area contributed by atoms with E-state index in [1.54, 1.807) is 19.4 Å². The van der Waals surface area contributed by atoms with Crippen molar-refractivity contribution in [3.8, 4) is 5.88 Å². The summed E-state index contributed by atoms with van der Waals surface area (Å²) in [5, 5.41) is 0. The Morgan fingerprint density at radius 3 is 2.86 bits per heavy atom. The Kier molecular flexibility index (Phi) is 2.29. The van der Waals surface area contributed by atoms with Crippen molar-refractivity contribution in [2.75, 3.05) is 12.8 Å². The van der Waals surface area contributed by atoms with Crippen molar-refractivity contribution in [1.82, 2.24) is 4.98 Å². The fraction of sp³-hybridized carbons (Fsp3) is 0.500. The topological polar surface area (TPSA) is 74.2 Å². The number of aromatic nitrogens is 1. The maximum Gasteiger partial charge on any atom is 0.219 e. The van der Waals surface area contributed by atoms with Gasteiger partial charge in [-0.25, -0.2) is 4.98 Å². The van der Waals surface area contributed by atoms with Crippen LogP contribution in [0.2, 0.25) is 0 Å². The number of pyridine rings is 1. The highest BCUT2D eigenvalue weighted by molar-refractivity contribution is 5.53. The van der Waals surface area contributed by atoms with E-state index in [1.165, 1.54) is 12.8 Å². The molecule has 0 aromatic carbocycles. The Morgan fingerprint density at radius 2 is 2.29 bits per heavy atom. The normalized spacial score (nSPS) is 17.9. The molecule has 0 aliphatic heterocycles. The minimum atomic E-state index is -0.0290. The van der Waals surface area contributed by atoms with Gasteiger partial charge >= 0.3 is 0 Å². The number of methoxy groups -OCH3 is 1. The molecule has 76 valence electrons. The van der Waals surface area contributed by atoms with Crippen molar-refractivity contribution in [3.05, 3.63) is 17.8 Å². The second-order valence-corrected chi connectivity index (χ2v) is 3.69. The molecule has 0 radical (unpaired) electrons. The summed E-state index contributed by atoms with van der Waals surface area (Å²) in [7, 11) is 1.59. The summed E-state index contributed by atoms with van der Waals surface area (Å²) in [6.07, 6.45) is 3.99. The second-order valence-electron chi connectivity index (χ2n) is 3.69. The molecule has 1 saturated carbocycles. The van der Waals surface area contributed by atoms with Crippen LogP contribution in [0.25, 0.3) is 0 Å². The first kappa shape index (κ1) is 9.27. The van der Waals surface area contributed by atoms with Crippen LogP contribution in [-0.2, 0) is 0 Å². The van der Waals surface area contributed by atoms with Gasteiger partial charge in [0.05, 0.1) is 12.7 Å². The summed E-state index contributed by atoms with van der Waals surface area (Å²) in [6.45, 7) is 0. The highest BCUT2D eigenvalue weighted by atomic mass is 16.5. The van der Waals surface area contributed by atoms with Crippen LogP contribution in [0, 0.1) is 5.92 Å². The molecule has 1 fully saturated rings. The van der Waals surface area contributed by atoms with Crippen molar-refractivity contribution >= 4 is 5.69 Å². The molecule has 1 atom stereocenters. The van der Waals surface area contributed by atoms with E-state index < -0.39 is 0 Å². The third-order valence-corrected chi connectivity index (χ3v) is 2.64. The Labute approximate surface area is 83.3 Å². The summed E-state index contributed by atoms with van der Waals surface area (Å²) in [6, 6.07) is 1.73. The summed E-state index contributed by atoms with van der Waals surface area (Å²) >= 11 is 0. The van der Waals surface area contributed by atoms with Gasteiger partial charge in [0.1, 0.15) is 0 Å². The molecular formula is C10H15N3O. The molecule has 4 nitrogen and oxygen atoms in total. The molecular weight excluding hydrogens is 178 g/mol. The third kappa shape index (κ3) is 1.53. The quantitative estimate of drug-likeness (QED) is 0.753. The van der Waals surface area contributed by atoms with Crippen LogP contribution in [0.4, 0.5) is 5.69 Å². The molecule has 1 aliphatic carbocycles. The summed E-state index contributed by atoms with van der Waals surface area (Å²) in [5.41, 5.74) is 13.5. The van der Waals surface area contributed by atoms with Gasteiger partial charge in [-0.05, 0) is 24.8 Å². The monoisotopic (exact) mass is 193 g/mol. The minimum absolute atomic E-state index is 0.0290. The number of hydrogen-bond donors (Lipinski definition) is 2. The molecule has 1 aliphatic rings. The maximum absolute atomic E-state index is 6.08. The van der Waals surface area contributed by atoms with Crippen molar-refractivity contribution in [1.29, 1.82) is 0 Å². The van der Waals surface area contributed by atoms with E-state index in [1.807, 2.05) is 0 Å². The Bertz CT molecular complexity index is 336. The van der Waals surface area contributed by atoms with E-state index in [9.17, 15) is 0 Å². The van der Waals surface area contributed by atoms with Crippen molar-refractivity contribution < 1.29 is 4.74 Å². The molecule has 0 amide bonds. The molecule has 2 rings (SSSR count). The van der Waals surface area contributed by atoms with Crippen LogP contribution in [0.1, 0.15) is 24.4 Å². The lowest BCUT2D eigenvalue weighted by molar-refractivity contribution is 0.386. The first-order chi connectivity index (χ1) is 6.74. The lowest BCUT2D eigenvalue weighted by Crippen LogP contribution is -2.16. The standard InChI is InChI=1S/C10H15N3O/c1-14-10-8(7(11)4-5-13-10)9(12)6-2-3-6/h4-6,9H,2-3,12H2,1H3,(H2,11,13)/t9-/m1/s1. The molecule has 0 bridgehead atoms. The fourth-order valence-electron chi connectivity index (χ4n) is 1.66. The van der Waals surface area contributed by atoms with Gasteiger partial charge in [-0.2, -0.15) is 0 Å². The van der Waals surface area contributed by atoms with Gasteiger partial charge in [0.25, 0.3) is 0 Å². The number of anilines is 1. The van der Waals surface area contributed by atoms with Gasteiger partial charge in [-0.15, -0.1) is 0 Å². The van der Waals surface area contributed by atoms with E-state index >= 15 is 0 Å². The van der Waals surface area contributed by atoms with Crippen molar-refractivity contribution in [2.45, 2.75) is 18.9 Å². The molecule has 0 saturated heterocycles. The van der Waals surface area contributed by atoms with Crippen molar-refractivity contribution in [2.24, 2.45) is 11.7 Å². The Hall–Kier alpha value is -1.29. The number of rotatable bonds is 3. The number of nitrogens with zero attached hydrogens (tertiary/aromatic N) is 1. The molecule has 4 N–H and O–H groups in total. The fourth-order valence-corrected chi connectivity index (χ4v) is 1.66. The zero-order valence-electron chi connectivity index (χ0n) is 8.23. The van der Waals surface area contributed by atoms with Crippen LogP contribution < -0.4 is 16.2 Å². The smallest absolute Gasteiger partial charge is 0.219 e. The zero-order chi connectivity index (χ0) is 10.1. The summed E-state index contributed by atoms with van der Waals surface area (Å²) in [5.74, 6) is 1.11. The number of hydrogen-bond acceptors (Lipinski definition) is 4. The predicted molar refractivity (Wildman–Crippen MR) is 54.9 cm³/mol. The Balaban J connectivity index is 2.37. The molecule has 0 unspecified atom stereocenters. The highest BCUT2D eigenvalue weighted by Gasteiger charge is 2.32. The van der Waals surface area contributed by atoms with E-state index in [0.29, 0.717) is 17.5 Å². The van der Waals surface area contributed by atoms with E-state index in [-0.39, 0.29) is 6.04 Å². The molecule has 0 spiro atoms. The Morgan fingerprint density at radius 1 is 1.57 bits per heavy atom. The van der Waals surface area contributed by atoms with Gasteiger partial charge in [0.2, 0.25) is 5.88 Å². The number of nitrogens with two attached hydrogens (primary N) is 2. The van der Waals surface area contributed by atoms with Gasteiger partial charge in [-0.1, -0.05) is 0 Å². The SMILES string of the molecule is COc1nccc(N)c1[C@H](N)C1CC1. The third-order valence-electron chi connectivity index (χ3n) is 2.64. The lowest BCUT2D eigenvalue weighted by atomic mass is 10.0. The second kappa shape index (κ2) is 3.46. The average Bonchev–Trinajstić information content (AvgIpc) is 2.99. The summed E-state index contributed by atoms with van der Waals surface area (Å²) < 4.78 is 5.15. The summed E-state index contributed by atoms with van der Waals surface area (Å²) in [4.78, 5) is 4.11. The molecule has 1 aromatic heterocycles. The molecule has 14 heavy (non-hydrogen) atoms. The average molecular weight is 193 g/mol. The van der Waals surface area contributed by atoms with Crippen LogP contribution in [0.3, 0.4) is 0 Å². The van der Waals surface area contributed by atoms with Crippen LogP contribution in [-0.4, -0.2) is 12.1 Å². The van der Waals surface area contributed by atoms with Gasteiger partial charge < -0.3 is 16.2 Å². The lowest BCUT2D eigenvalue weighted by Gasteiger charge is -2.15. The highest BCUT2D eigenvalue weighted by Crippen LogP contribution is 2.43. The van der Waals surface area contributed by atoms with Crippen LogP contribution >= 0.6 is 0 Å². The first-order valence-electron chi connectivity index (χ1n) is 4.78. The van der Waals surface area contributed by atoms with Crippen molar-refractivity contribution in [3.63, 3.8) is 0 Å². The number of ether oxygens (including phenoxy) is 1. The molecule has 1 heterocycles. The molecule has 4 heteroatoms. The van der Waals surface area contributed by atoms with E-state index in [4.69, 9.17) is 16.2 Å². The first-order valence-corrected chi connectivity index (χ1v) is 4.78. The van der Waals surface area contributed by atoms with Gasteiger partial charge in [0.15, 0.2) is 0 Å². The van der Waals surface area contributed by atoms with Crippen LogP contribution in [0.5, 0.6) is 5.88 Å².